The molecule has 0 aliphatic carbocycles. The first kappa shape index (κ1) is 9.41. The van der Waals surface area contributed by atoms with Crippen LogP contribution in [-0.4, -0.2) is 15.3 Å². The minimum atomic E-state index is -0.563. The van der Waals surface area contributed by atoms with Crippen LogP contribution in [0.2, 0.25) is 0 Å². The number of phenolic OH excluding ortho intramolecular Hbond substituents is 3. The number of hydrogen-bond donors (Lipinski definition) is 4. The highest BCUT2D eigenvalue weighted by Crippen LogP contribution is 2.34. The molecule has 5 N–H and O–H groups in total. The van der Waals surface area contributed by atoms with Crippen LogP contribution in [0, 0.1) is 0 Å². The molecular formula is C9H11NO3. The third kappa shape index (κ3) is 1.73. The predicted octanol–water partition coefficient (Wildman–Crippen LogP) is 0.989. The van der Waals surface area contributed by atoms with E-state index in [-0.39, 0.29) is 17.2 Å². The summed E-state index contributed by atoms with van der Waals surface area (Å²) in [7, 11) is 0. The molecule has 0 fully saturated rings. The third-order valence-electron chi connectivity index (χ3n) is 1.74. The molecule has 0 aliphatic rings. The van der Waals surface area contributed by atoms with Crippen LogP contribution in [0.4, 0.5) is 0 Å². The molecule has 0 aromatic heterocycles. The maximum atomic E-state index is 9.32. The van der Waals surface area contributed by atoms with Crippen molar-refractivity contribution in [3.63, 3.8) is 0 Å². The van der Waals surface area contributed by atoms with E-state index in [1.165, 1.54) is 12.1 Å². The van der Waals surface area contributed by atoms with Crippen molar-refractivity contribution < 1.29 is 15.3 Å². The van der Waals surface area contributed by atoms with Gasteiger partial charge in [-0.15, -0.1) is 6.58 Å². The van der Waals surface area contributed by atoms with Gasteiger partial charge in [-0.05, 0) is 6.07 Å². The summed E-state index contributed by atoms with van der Waals surface area (Å²) in [5.41, 5.74) is 5.87. The molecule has 1 aromatic rings. The third-order valence-corrected chi connectivity index (χ3v) is 1.74. The molecule has 1 rings (SSSR count). The summed E-state index contributed by atoms with van der Waals surface area (Å²) in [6.07, 6.45) is 1.42. The van der Waals surface area contributed by atoms with Crippen LogP contribution in [0.3, 0.4) is 0 Å². The van der Waals surface area contributed by atoms with E-state index in [1.54, 1.807) is 0 Å². The van der Waals surface area contributed by atoms with Crippen molar-refractivity contribution in [2.24, 2.45) is 5.73 Å². The Balaban J connectivity index is 3.22. The van der Waals surface area contributed by atoms with Gasteiger partial charge in [0.05, 0.1) is 6.04 Å². The topological polar surface area (TPSA) is 86.7 Å². The molecular weight excluding hydrogens is 170 g/mol. The number of rotatable bonds is 2. The summed E-state index contributed by atoms with van der Waals surface area (Å²) in [6.45, 7) is 3.45. The molecule has 4 heteroatoms. The van der Waals surface area contributed by atoms with Crippen LogP contribution in [0.5, 0.6) is 17.2 Å². The lowest BCUT2D eigenvalue weighted by molar-refractivity contribution is 0.394. The molecule has 13 heavy (non-hydrogen) atoms. The molecule has 70 valence electrons. The minimum absolute atomic E-state index is 0.164. The maximum Gasteiger partial charge on any atom is 0.161 e. The second-order valence-electron chi connectivity index (χ2n) is 2.66. The van der Waals surface area contributed by atoms with Crippen molar-refractivity contribution in [2.45, 2.75) is 6.04 Å². The summed E-state index contributed by atoms with van der Waals surface area (Å²) in [6, 6.07) is 1.68. The lowest BCUT2D eigenvalue weighted by atomic mass is 10.1. The van der Waals surface area contributed by atoms with Gasteiger partial charge in [0.1, 0.15) is 5.75 Å². The Hall–Kier alpha value is -1.68. The highest BCUT2D eigenvalue weighted by Gasteiger charge is 2.11. The van der Waals surface area contributed by atoms with E-state index in [1.807, 2.05) is 0 Å². The van der Waals surface area contributed by atoms with Crippen molar-refractivity contribution in [2.75, 3.05) is 0 Å². The van der Waals surface area contributed by atoms with Crippen molar-refractivity contribution in [3.05, 3.63) is 30.4 Å². The largest absolute Gasteiger partial charge is 0.507 e. The quantitative estimate of drug-likeness (QED) is 0.311. The average Bonchev–Trinajstić information content (AvgIpc) is 2.10. The van der Waals surface area contributed by atoms with E-state index in [9.17, 15) is 5.11 Å². The lowest BCUT2D eigenvalue weighted by Gasteiger charge is -2.10. The Labute approximate surface area is 75.6 Å². The molecule has 0 amide bonds. The standard InChI is InChI=1S/C9H11NO3/c1-2-6(10)5-3-8(12)9(13)4-7(5)11/h2-4,6,11-13H,1,10H2/t6-/m1/s1. The Kier molecular flexibility index (Phi) is 2.44. The minimum Gasteiger partial charge on any atom is -0.507 e. The van der Waals surface area contributed by atoms with Crippen molar-refractivity contribution in [1.29, 1.82) is 0 Å². The van der Waals surface area contributed by atoms with E-state index >= 15 is 0 Å². The molecule has 0 heterocycles. The fraction of sp³-hybridized carbons (Fsp3) is 0.111. The van der Waals surface area contributed by atoms with E-state index in [4.69, 9.17) is 15.9 Å². The zero-order chi connectivity index (χ0) is 10.0. The highest BCUT2D eigenvalue weighted by molar-refractivity contribution is 5.50. The molecule has 4 nitrogen and oxygen atoms in total. The number of benzene rings is 1. The second kappa shape index (κ2) is 3.37. The molecule has 0 bridgehead atoms. The van der Waals surface area contributed by atoms with Crippen LogP contribution in [0.25, 0.3) is 0 Å². The highest BCUT2D eigenvalue weighted by atomic mass is 16.3. The monoisotopic (exact) mass is 181 g/mol. The normalized spacial score (nSPS) is 12.4. The van der Waals surface area contributed by atoms with Crippen LogP contribution in [0.1, 0.15) is 11.6 Å². The number of hydrogen-bond acceptors (Lipinski definition) is 4. The van der Waals surface area contributed by atoms with Crippen molar-refractivity contribution in [3.8, 4) is 17.2 Å². The molecule has 0 aliphatic heterocycles. The number of aromatic hydroxyl groups is 3. The molecule has 0 radical (unpaired) electrons. The molecule has 1 atom stereocenters. The predicted molar refractivity (Wildman–Crippen MR) is 48.6 cm³/mol. The van der Waals surface area contributed by atoms with Crippen molar-refractivity contribution >= 4 is 0 Å². The molecule has 0 spiro atoms. The van der Waals surface area contributed by atoms with Gasteiger partial charge in [-0.25, -0.2) is 0 Å². The summed E-state index contributed by atoms with van der Waals surface area (Å²) in [5, 5.41) is 27.4. The Morgan fingerprint density at radius 3 is 2.23 bits per heavy atom. The van der Waals surface area contributed by atoms with E-state index in [0.29, 0.717) is 5.56 Å². The van der Waals surface area contributed by atoms with Crippen LogP contribution in [0.15, 0.2) is 24.8 Å². The maximum absolute atomic E-state index is 9.32. The zero-order valence-corrected chi connectivity index (χ0v) is 6.94. The van der Waals surface area contributed by atoms with E-state index < -0.39 is 6.04 Å². The Morgan fingerprint density at radius 1 is 1.15 bits per heavy atom. The Morgan fingerprint density at radius 2 is 1.69 bits per heavy atom. The smallest absolute Gasteiger partial charge is 0.161 e. The summed E-state index contributed by atoms with van der Waals surface area (Å²) < 4.78 is 0. The summed E-state index contributed by atoms with van der Waals surface area (Å²) >= 11 is 0. The van der Waals surface area contributed by atoms with Gasteiger partial charge in [0, 0.05) is 11.6 Å². The van der Waals surface area contributed by atoms with Gasteiger partial charge in [-0.1, -0.05) is 6.08 Å². The van der Waals surface area contributed by atoms with Crippen LogP contribution in [-0.2, 0) is 0 Å². The Bertz CT molecular complexity index is 336. The van der Waals surface area contributed by atoms with Crippen LogP contribution >= 0.6 is 0 Å². The van der Waals surface area contributed by atoms with E-state index in [2.05, 4.69) is 6.58 Å². The zero-order valence-electron chi connectivity index (χ0n) is 6.94. The average molecular weight is 181 g/mol. The molecule has 0 unspecified atom stereocenters. The fourth-order valence-electron chi connectivity index (χ4n) is 0.976. The summed E-state index contributed by atoms with van der Waals surface area (Å²) in [4.78, 5) is 0. The first-order chi connectivity index (χ1) is 6.06. The van der Waals surface area contributed by atoms with Crippen molar-refractivity contribution in [1.82, 2.24) is 0 Å². The molecule has 1 aromatic carbocycles. The number of phenols is 3. The van der Waals surface area contributed by atoms with Gasteiger partial charge >= 0.3 is 0 Å². The first-order valence-electron chi connectivity index (χ1n) is 3.69. The van der Waals surface area contributed by atoms with Gasteiger partial charge in [0.25, 0.3) is 0 Å². The van der Waals surface area contributed by atoms with Gasteiger partial charge in [-0.3, -0.25) is 0 Å². The van der Waals surface area contributed by atoms with Gasteiger partial charge in [0.15, 0.2) is 11.5 Å². The van der Waals surface area contributed by atoms with E-state index in [0.717, 1.165) is 6.07 Å². The second-order valence-corrected chi connectivity index (χ2v) is 2.66. The van der Waals surface area contributed by atoms with Gasteiger partial charge in [-0.2, -0.15) is 0 Å². The first-order valence-corrected chi connectivity index (χ1v) is 3.69. The lowest BCUT2D eigenvalue weighted by Crippen LogP contribution is -2.06. The molecule has 0 saturated carbocycles. The number of nitrogens with two attached hydrogens (primary N) is 1. The van der Waals surface area contributed by atoms with Crippen LogP contribution < -0.4 is 5.73 Å². The molecule has 0 saturated heterocycles. The van der Waals surface area contributed by atoms with Gasteiger partial charge in [0.2, 0.25) is 0 Å². The van der Waals surface area contributed by atoms with Gasteiger partial charge < -0.3 is 21.1 Å². The summed E-state index contributed by atoms with van der Waals surface area (Å²) in [5.74, 6) is -0.856. The SMILES string of the molecule is C=C[C@@H](N)c1cc(O)c(O)cc1O. The fourth-order valence-corrected chi connectivity index (χ4v) is 0.976.